The first-order valence-electron chi connectivity index (χ1n) is 7.78. The van der Waals surface area contributed by atoms with E-state index in [1.807, 2.05) is 27.7 Å². The van der Waals surface area contributed by atoms with E-state index in [4.69, 9.17) is 10.5 Å². The fraction of sp³-hybridized carbons (Fsp3) is 0.529. The van der Waals surface area contributed by atoms with Gasteiger partial charge in [0.05, 0.1) is 12.8 Å². The van der Waals surface area contributed by atoms with E-state index < -0.39 is 6.04 Å². The average molecular weight is 358 g/mol. The smallest absolute Gasteiger partial charge is 0.247 e. The number of amides is 2. The molecular weight excluding hydrogens is 330 g/mol. The molecule has 0 radical (unpaired) electrons. The lowest BCUT2D eigenvalue weighted by atomic mass is 10.0. The summed E-state index contributed by atoms with van der Waals surface area (Å²) in [5, 5.41) is 5.58. The Balaban J connectivity index is 0.00000529. The second-order valence-electron chi connectivity index (χ2n) is 6.33. The fourth-order valence-corrected chi connectivity index (χ4v) is 2.17. The molecule has 7 heteroatoms. The van der Waals surface area contributed by atoms with Crippen molar-refractivity contribution in [3.63, 3.8) is 0 Å². The Kier molecular flexibility index (Phi) is 9.21. The molecule has 1 aromatic carbocycles. The normalized spacial score (nSPS) is 11.6. The summed E-state index contributed by atoms with van der Waals surface area (Å²) in [5.74, 6) is 0.382. The number of ether oxygens (including phenoxy) is 1. The molecule has 4 N–H and O–H groups in total. The number of nitrogen functional groups attached to an aromatic ring is 1. The van der Waals surface area contributed by atoms with E-state index in [0.29, 0.717) is 23.5 Å². The quantitative estimate of drug-likeness (QED) is 0.654. The Bertz CT molecular complexity index is 562. The maximum atomic E-state index is 12.4. The van der Waals surface area contributed by atoms with Crippen LogP contribution in [0.15, 0.2) is 18.2 Å². The molecule has 6 nitrogen and oxygen atoms in total. The number of carbonyl (C=O) groups is 2. The van der Waals surface area contributed by atoms with Crippen LogP contribution >= 0.6 is 12.4 Å². The molecule has 2 amide bonds. The third-order valence-electron chi connectivity index (χ3n) is 3.36. The molecule has 1 rings (SSSR count). The predicted octanol–water partition coefficient (Wildman–Crippen LogP) is 2.82. The largest absolute Gasteiger partial charge is 0.495 e. The van der Waals surface area contributed by atoms with Crippen molar-refractivity contribution < 1.29 is 14.3 Å². The van der Waals surface area contributed by atoms with Crippen molar-refractivity contribution in [1.82, 2.24) is 5.32 Å². The van der Waals surface area contributed by atoms with Gasteiger partial charge in [0.25, 0.3) is 0 Å². The lowest BCUT2D eigenvalue weighted by Crippen LogP contribution is -2.47. The monoisotopic (exact) mass is 357 g/mol. The zero-order chi connectivity index (χ0) is 17.6. The molecule has 24 heavy (non-hydrogen) atoms. The molecule has 0 saturated carbocycles. The second-order valence-corrected chi connectivity index (χ2v) is 6.33. The van der Waals surface area contributed by atoms with Gasteiger partial charge in [-0.25, -0.2) is 0 Å². The summed E-state index contributed by atoms with van der Waals surface area (Å²) < 4.78 is 5.09. The third kappa shape index (κ3) is 6.66. The highest BCUT2D eigenvalue weighted by Gasteiger charge is 2.24. The van der Waals surface area contributed by atoms with E-state index in [2.05, 4.69) is 10.6 Å². The van der Waals surface area contributed by atoms with Crippen LogP contribution in [-0.2, 0) is 9.59 Å². The second kappa shape index (κ2) is 10.0. The molecule has 1 atom stereocenters. The highest BCUT2D eigenvalue weighted by atomic mass is 35.5. The number of anilines is 2. The number of hydrogen-bond donors (Lipinski definition) is 3. The van der Waals surface area contributed by atoms with Crippen LogP contribution in [0.5, 0.6) is 5.75 Å². The maximum absolute atomic E-state index is 12.4. The van der Waals surface area contributed by atoms with Crippen molar-refractivity contribution in [3.05, 3.63) is 18.2 Å². The number of halogens is 1. The Morgan fingerprint density at radius 2 is 1.83 bits per heavy atom. The summed E-state index contributed by atoms with van der Waals surface area (Å²) in [7, 11) is 1.53. The molecule has 136 valence electrons. The van der Waals surface area contributed by atoms with Gasteiger partial charge in [0.15, 0.2) is 0 Å². The van der Waals surface area contributed by atoms with Crippen molar-refractivity contribution in [2.75, 3.05) is 18.2 Å². The van der Waals surface area contributed by atoms with Crippen LogP contribution in [0.2, 0.25) is 0 Å². The number of methoxy groups -OCH3 is 1. The Morgan fingerprint density at radius 3 is 2.29 bits per heavy atom. The summed E-state index contributed by atoms with van der Waals surface area (Å²) >= 11 is 0. The van der Waals surface area contributed by atoms with Crippen molar-refractivity contribution >= 4 is 35.6 Å². The van der Waals surface area contributed by atoms with E-state index in [-0.39, 0.29) is 36.1 Å². The molecule has 0 aliphatic carbocycles. The van der Waals surface area contributed by atoms with Gasteiger partial charge in [-0.15, -0.1) is 12.4 Å². The number of rotatable bonds is 7. The summed E-state index contributed by atoms with van der Waals surface area (Å²) in [6.45, 7) is 7.71. The summed E-state index contributed by atoms with van der Waals surface area (Å²) in [6, 6.07) is 4.43. The summed E-state index contributed by atoms with van der Waals surface area (Å²) in [6.07, 6.45) is 0.395. The van der Waals surface area contributed by atoms with Crippen LogP contribution in [0.25, 0.3) is 0 Å². The minimum Gasteiger partial charge on any atom is -0.495 e. The minimum atomic E-state index is -0.593. The van der Waals surface area contributed by atoms with E-state index in [1.54, 1.807) is 18.2 Å². The standard InChI is InChI=1S/C17H27N3O3.ClH/c1-10(2)8-15(21)20-16(11(3)4)17(22)19-12-6-7-14(23-5)13(18)9-12;/h6-7,9-11,16H,8,18H2,1-5H3,(H,19,22)(H,20,21);1H. The van der Waals surface area contributed by atoms with E-state index in [0.717, 1.165) is 0 Å². The van der Waals surface area contributed by atoms with Gasteiger partial charge < -0.3 is 21.1 Å². The average Bonchev–Trinajstić information content (AvgIpc) is 2.43. The van der Waals surface area contributed by atoms with Crippen LogP contribution in [-0.4, -0.2) is 25.0 Å². The number of hydrogen-bond acceptors (Lipinski definition) is 4. The molecule has 1 aromatic rings. The summed E-state index contributed by atoms with van der Waals surface area (Å²) in [4.78, 5) is 24.4. The van der Waals surface area contributed by atoms with Gasteiger partial charge in [0.2, 0.25) is 11.8 Å². The van der Waals surface area contributed by atoms with Crippen LogP contribution in [0.1, 0.15) is 34.1 Å². The van der Waals surface area contributed by atoms with Gasteiger partial charge in [0.1, 0.15) is 11.8 Å². The van der Waals surface area contributed by atoms with Gasteiger partial charge in [-0.1, -0.05) is 27.7 Å². The first-order chi connectivity index (χ1) is 10.7. The van der Waals surface area contributed by atoms with Crippen molar-refractivity contribution in [2.24, 2.45) is 11.8 Å². The van der Waals surface area contributed by atoms with E-state index in [1.165, 1.54) is 7.11 Å². The molecule has 0 aliphatic heterocycles. The van der Waals surface area contributed by atoms with Crippen LogP contribution in [0.4, 0.5) is 11.4 Å². The lowest BCUT2D eigenvalue weighted by Gasteiger charge is -2.22. The molecule has 0 heterocycles. The molecule has 0 fully saturated rings. The zero-order valence-electron chi connectivity index (χ0n) is 14.9. The van der Waals surface area contributed by atoms with Crippen LogP contribution in [0, 0.1) is 11.8 Å². The highest BCUT2D eigenvalue weighted by molar-refractivity contribution is 5.97. The maximum Gasteiger partial charge on any atom is 0.247 e. The van der Waals surface area contributed by atoms with E-state index >= 15 is 0 Å². The number of nitrogens with two attached hydrogens (primary N) is 1. The summed E-state index contributed by atoms with van der Waals surface area (Å²) in [5.41, 5.74) is 6.84. The molecule has 0 spiro atoms. The Morgan fingerprint density at radius 1 is 1.21 bits per heavy atom. The number of nitrogens with one attached hydrogen (secondary N) is 2. The Labute approximate surface area is 149 Å². The first-order valence-corrected chi connectivity index (χ1v) is 7.78. The first kappa shape index (κ1) is 22.1. The van der Waals surface area contributed by atoms with Gasteiger partial charge >= 0.3 is 0 Å². The van der Waals surface area contributed by atoms with Gasteiger partial charge in [0, 0.05) is 12.1 Å². The molecule has 1 unspecified atom stereocenters. The van der Waals surface area contributed by atoms with Gasteiger partial charge in [-0.05, 0) is 30.0 Å². The SMILES string of the molecule is COc1ccc(NC(=O)C(NC(=O)CC(C)C)C(C)C)cc1N.Cl. The molecular formula is C17H28ClN3O3. The predicted molar refractivity (Wildman–Crippen MR) is 99.5 cm³/mol. The third-order valence-corrected chi connectivity index (χ3v) is 3.36. The zero-order valence-corrected chi connectivity index (χ0v) is 15.7. The Hall–Kier alpha value is -1.95. The van der Waals surface area contributed by atoms with Crippen LogP contribution < -0.4 is 21.1 Å². The number of carbonyl (C=O) groups excluding carboxylic acids is 2. The molecule has 0 aromatic heterocycles. The molecule has 0 saturated heterocycles. The topological polar surface area (TPSA) is 93.5 Å². The van der Waals surface area contributed by atoms with Crippen molar-refractivity contribution in [1.29, 1.82) is 0 Å². The van der Waals surface area contributed by atoms with Gasteiger partial charge in [-0.2, -0.15) is 0 Å². The lowest BCUT2D eigenvalue weighted by molar-refractivity contribution is -0.127. The number of benzene rings is 1. The molecule has 0 aliphatic rings. The highest BCUT2D eigenvalue weighted by Crippen LogP contribution is 2.24. The molecule has 0 bridgehead atoms. The van der Waals surface area contributed by atoms with E-state index in [9.17, 15) is 9.59 Å². The van der Waals surface area contributed by atoms with Crippen molar-refractivity contribution in [2.45, 2.75) is 40.2 Å². The fourth-order valence-electron chi connectivity index (χ4n) is 2.17. The van der Waals surface area contributed by atoms with Gasteiger partial charge in [-0.3, -0.25) is 9.59 Å². The van der Waals surface area contributed by atoms with Crippen LogP contribution in [0.3, 0.4) is 0 Å². The minimum absolute atomic E-state index is 0. The van der Waals surface area contributed by atoms with Crippen molar-refractivity contribution in [3.8, 4) is 5.75 Å².